The zero-order valence-corrected chi connectivity index (χ0v) is 15.5. The van der Waals surface area contributed by atoms with E-state index in [0.29, 0.717) is 17.3 Å². The number of hydrogen-bond acceptors (Lipinski definition) is 4. The monoisotopic (exact) mass is 383 g/mol. The number of rotatable bonds is 6. The van der Waals surface area contributed by atoms with Crippen molar-refractivity contribution < 1.29 is 19.1 Å². The number of methoxy groups -OCH3 is 1. The zero-order valence-electron chi connectivity index (χ0n) is 14.7. The summed E-state index contributed by atoms with van der Waals surface area (Å²) < 4.78 is 10.4. The molecule has 0 unspecified atom stereocenters. The summed E-state index contributed by atoms with van der Waals surface area (Å²) in [6.45, 7) is -0.0778. The summed E-state index contributed by atoms with van der Waals surface area (Å²) >= 11 is 5.91. The maximum absolute atomic E-state index is 12.4. The maximum atomic E-state index is 12.4. The molecule has 3 aromatic carbocycles. The second kappa shape index (κ2) is 8.56. The van der Waals surface area contributed by atoms with Crippen LogP contribution in [0.5, 0.6) is 5.75 Å². The number of carbonyl (C=O) groups is 2. The van der Waals surface area contributed by atoms with Gasteiger partial charge in [-0.05, 0) is 40.6 Å². The smallest absolute Gasteiger partial charge is 0.342 e. The molecule has 0 heterocycles. The summed E-state index contributed by atoms with van der Waals surface area (Å²) in [4.78, 5) is 24.3. The molecule has 0 atom stereocenters. The molecule has 27 heavy (non-hydrogen) atoms. The van der Waals surface area contributed by atoms with Gasteiger partial charge < -0.3 is 14.8 Å². The van der Waals surface area contributed by atoms with E-state index in [1.54, 1.807) is 30.3 Å². The highest BCUT2D eigenvalue weighted by Gasteiger charge is 2.16. The maximum Gasteiger partial charge on any atom is 0.342 e. The number of carbonyl (C=O) groups excluding carboxylic acids is 2. The largest absolute Gasteiger partial charge is 0.496 e. The third-order valence-corrected chi connectivity index (χ3v) is 4.24. The Labute approximate surface area is 161 Å². The Hall–Kier alpha value is -3.05. The molecule has 0 fully saturated rings. The van der Waals surface area contributed by atoms with Gasteiger partial charge in [-0.25, -0.2) is 4.79 Å². The Balaban J connectivity index is 1.61. The number of hydrogen-bond donors (Lipinski definition) is 1. The van der Waals surface area contributed by atoms with Crippen molar-refractivity contribution in [3.05, 3.63) is 76.8 Å². The standard InChI is InChI=1S/C21H18ClNO4/c1-26-19-11-16-7-3-2-6-15(16)10-18(19)21(25)27-13-20(24)23-12-14-5-4-8-17(22)9-14/h2-11H,12-13H2,1H3,(H,23,24). The van der Waals surface area contributed by atoms with Crippen molar-refractivity contribution in [1.29, 1.82) is 0 Å². The molecule has 0 bridgehead atoms. The summed E-state index contributed by atoms with van der Waals surface area (Å²) in [5.41, 5.74) is 1.14. The van der Waals surface area contributed by atoms with E-state index < -0.39 is 11.9 Å². The summed E-state index contributed by atoms with van der Waals surface area (Å²) in [5, 5.41) is 5.11. The lowest BCUT2D eigenvalue weighted by Crippen LogP contribution is -2.28. The number of benzene rings is 3. The van der Waals surface area contributed by atoms with Crippen LogP contribution in [0, 0.1) is 0 Å². The van der Waals surface area contributed by atoms with Crippen molar-refractivity contribution in [3.63, 3.8) is 0 Å². The average molecular weight is 384 g/mol. The number of ether oxygens (including phenoxy) is 2. The lowest BCUT2D eigenvalue weighted by Gasteiger charge is -2.11. The molecular formula is C21H18ClNO4. The van der Waals surface area contributed by atoms with Crippen molar-refractivity contribution in [2.45, 2.75) is 6.54 Å². The first-order valence-electron chi connectivity index (χ1n) is 8.32. The van der Waals surface area contributed by atoms with Crippen LogP contribution in [0.4, 0.5) is 0 Å². The third kappa shape index (κ3) is 4.77. The van der Waals surface area contributed by atoms with Gasteiger partial charge in [-0.15, -0.1) is 0 Å². The van der Waals surface area contributed by atoms with Crippen LogP contribution in [0.1, 0.15) is 15.9 Å². The normalized spacial score (nSPS) is 10.4. The van der Waals surface area contributed by atoms with Crippen molar-refractivity contribution in [3.8, 4) is 5.75 Å². The zero-order chi connectivity index (χ0) is 19.2. The Bertz CT molecular complexity index is 987. The third-order valence-electron chi connectivity index (χ3n) is 4.00. The predicted octanol–water partition coefficient (Wildman–Crippen LogP) is 3.98. The SMILES string of the molecule is COc1cc2ccccc2cc1C(=O)OCC(=O)NCc1cccc(Cl)c1. The molecule has 0 saturated carbocycles. The molecule has 138 valence electrons. The number of halogens is 1. The van der Waals surface area contributed by atoms with Gasteiger partial charge in [-0.1, -0.05) is 48.0 Å². The quantitative estimate of drug-likeness (QED) is 0.654. The highest BCUT2D eigenvalue weighted by molar-refractivity contribution is 6.30. The van der Waals surface area contributed by atoms with Crippen LogP contribution in [0.25, 0.3) is 10.8 Å². The van der Waals surface area contributed by atoms with E-state index in [1.165, 1.54) is 7.11 Å². The lowest BCUT2D eigenvalue weighted by atomic mass is 10.1. The Morgan fingerprint density at radius 1 is 1.00 bits per heavy atom. The molecular weight excluding hydrogens is 366 g/mol. The van der Waals surface area contributed by atoms with Crippen LogP contribution < -0.4 is 10.1 Å². The van der Waals surface area contributed by atoms with Crippen LogP contribution in [-0.2, 0) is 16.1 Å². The molecule has 0 aliphatic heterocycles. The van der Waals surface area contributed by atoms with Crippen LogP contribution in [0.15, 0.2) is 60.7 Å². The van der Waals surface area contributed by atoms with Gasteiger partial charge in [0.15, 0.2) is 6.61 Å². The van der Waals surface area contributed by atoms with E-state index in [-0.39, 0.29) is 12.2 Å². The number of amides is 1. The van der Waals surface area contributed by atoms with Crippen LogP contribution in [0.2, 0.25) is 5.02 Å². The molecule has 0 aliphatic rings. The molecule has 0 radical (unpaired) electrons. The van der Waals surface area contributed by atoms with E-state index >= 15 is 0 Å². The van der Waals surface area contributed by atoms with E-state index in [9.17, 15) is 9.59 Å². The average Bonchev–Trinajstić information content (AvgIpc) is 2.69. The number of esters is 1. The Morgan fingerprint density at radius 3 is 2.44 bits per heavy atom. The molecule has 0 aromatic heterocycles. The molecule has 6 heteroatoms. The van der Waals surface area contributed by atoms with Gasteiger partial charge >= 0.3 is 5.97 Å². The molecule has 5 nitrogen and oxygen atoms in total. The highest BCUT2D eigenvalue weighted by atomic mass is 35.5. The van der Waals surface area contributed by atoms with Crippen molar-refractivity contribution in [1.82, 2.24) is 5.32 Å². The fraction of sp³-hybridized carbons (Fsp3) is 0.143. The predicted molar refractivity (Wildman–Crippen MR) is 104 cm³/mol. The Morgan fingerprint density at radius 2 is 1.74 bits per heavy atom. The second-order valence-electron chi connectivity index (χ2n) is 5.88. The summed E-state index contributed by atoms with van der Waals surface area (Å²) in [6, 6.07) is 18.2. The topological polar surface area (TPSA) is 64.6 Å². The van der Waals surface area contributed by atoms with Crippen LogP contribution in [0.3, 0.4) is 0 Å². The van der Waals surface area contributed by atoms with E-state index in [0.717, 1.165) is 16.3 Å². The second-order valence-corrected chi connectivity index (χ2v) is 6.32. The number of nitrogens with one attached hydrogen (secondary N) is 1. The van der Waals surface area contributed by atoms with Gasteiger partial charge in [0.05, 0.1) is 7.11 Å². The minimum Gasteiger partial charge on any atom is -0.496 e. The molecule has 3 aromatic rings. The van der Waals surface area contributed by atoms with Crippen molar-refractivity contribution in [2.24, 2.45) is 0 Å². The molecule has 0 spiro atoms. The number of fused-ring (bicyclic) bond motifs is 1. The Kier molecular flexibility index (Phi) is 5.94. The molecule has 3 rings (SSSR count). The first-order chi connectivity index (χ1) is 13.1. The summed E-state index contributed by atoms with van der Waals surface area (Å²) in [5.74, 6) is -0.614. The summed E-state index contributed by atoms with van der Waals surface area (Å²) in [6.07, 6.45) is 0. The molecule has 0 saturated heterocycles. The minimum absolute atomic E-state index is 0.277. The van der Waals surface area contributed by atoms with Gasteiger partial charge in [0.1, 0.15) is 11.3 Å². The van der Waals surface area contributed by atoms with E-state index in [2.05, 4.69) is 5.32 Å². The molecule has 0 aliphatic carbocycles. The van der Waals surface area contributed by atoms with Crippen molar-refractivity contribution in [2.75, 3.05) is 13.7 Å². The fourth-order valence-corrected chi connectivity index (χ4v) is 2.87. The lowest BCUT2D eigenvalue weighted by molar-refractivity contribution is -0.124. The van der Waals surface area contributed by atoms with Gasteiger partial charge in [-0.3, -0.25) is 4.79 Å². The molecule has 1 N–H and O–H groups in total. The fourth-order valence-electron chi connectivity index (χ4n) is 2.66. The summed E-state index contributed by atoms with van der Waals surface area (Å²) in [7, 11) is 1.48. The van der Waals surface area contributed by atoms with Gasteiger partial charge in [0.25, 0.3) is 5.91 Å². The first kappa shape index (κ1) is 18.7. The van der Waals surface area contributed by atoms with Gasteiger partial charge in [0.2, 0.25) is 0 Å². The molecule has 1 amide bonds. The van der Waals surface area contributed by atoms with Crippen molar-refractivity contribution >= 4 is 34.2 Å². The van der Waals surface area contributed by atoms with Crippen LogP contribution in [-0.4, -0.2) is 25.6 Å². The van der Waals surface area contributed by atoms with Gasteiger partial charge in [0, 0.05) is 11.6 Å². The highest BCUT2D eigenvalue weighted by Crippen LogP contribution is 2.26. The van der Waals surface area contributed by atoms with Crippen LogP contribution >= 0.6 is 11.6 Å². The minimum atomic E-state index is -0.615. The van der Waals surface area contributed by atoms with E-state index in [4.69, 9.17) is 21.1 Å². The van der Waals surface area contributed by atoms with Gasteiger partial charge in [-0.2, -0.15) is 0 Å². The first-order valence-corrected chi connectivity index (χ1v) is 8.69. The van der Waals surface area contributed by atoms with E-state index in [1.807, 2.05) is 30.3 Å².